The highest BCUT2D eigenvalue weighted by molar-refractivity contribution is 7.12. The smallest absolute Gasteiger partial charge is 0.292 e. The van der Waals surface area contributed by atoms with Gasteiger partial charge in [-0.3, -0.25) is 4.79 Å². The first kappa shape index (κ1) is 11.0. The maximum atomic E-state index is 8.95. The number of carbonyl (C=O) groups is 1. The standard InChI is InChI=1S/C6H9NS.C2H4O2/c1-4-3-6(7)5(2)8-4;1-4-2-3/h3H,7H2,1-2H3;2H,1H3. The van der Waals surface area contributed by atoms with Crippen LogP contribution in [0, 0.1) is 13.8 Å². The van der Waals surface area contributed by atoms with Crippen molar-refractivity contribution in [2.75, 3.05) is 12.8 Å². The third kappa shape index (κ3) is 3.98. The van der Waals surface area contributed by atoms with Crippen molar-refractivity contribution >= 4 is 23.5 Å². The fourth-order valence-electron chi connectivity index (χ4n) is 0.650. The summed E-state index contributed by atoms with van der Waals surface area (Å²) in [5, 5.41) is 0. The average molecular weight is 187 g/mol. The van der Waals surface area contributed by atoms with Crippen LogP contribution >= 0.6 is 11.3 Å². The lowest BCUT2D eigenvalue weighted by molar-refractivity contribution is -0.126. The van der Waals surface area contributed by atoms with Crippen molar-refractivity contribution < 1.29 is 9.53 Å². The van der Waals surface area contributed by atoms with E-state index in [2.05, 4.69) is 11.7 Å². The molecule has 3 nitrogen and oxygen atoms in total. The van der Waals surface area contributed by atoms with E-state index >= 15 is 0 Å². The molecule has 0 amide bonds. The molecule has 0 aliphatic carbocycles. The van der Waals surface area contributed by atoms with Crippen LogP contribution in [0.1, 0.15) is 9.75 Å². The summed E-state index contributed by atoms with van der Waals surface area (Å²) in [5.74, 6) is 0. The van der Waals surface area contributed by atoms with Crippen LogP contribution in [0.5, 0.6) is 0 Å². The quantitative estimate of drug-likeness (QED) is 0.681. The second-order valence-electron chi connectivity index (χ2n) is 2.20. The highest BCUT2D eigenvalue weighted by Crippen LogP contribution is 2.21. The predicted octanol–water partition coefficient (Wildman–Crippen LogP) is 1.74. The predicted molar refractivity (Wildman–Crippen MR) is 51.3 cm³/mol. The Morgan fingerprint density at radius 2 is 2.08 bits per heavy atom. The Kier molecular flexibility index (Phi) is 5.12. The van der Waals surface area contributed by atoms with E-state index in [0.29, 0.717) is 6.47 Å². The van der Waals surface area contributed by atoms with Gasteiger partial charge in [-0.2, -0.15) is 0 Å². The number of methoxy groups -OCH3 is 1. The minimum atomic E-state index is 0.375. The van der Waals surface area contributed by atoms with Crippen LogP contribution in [-0.4, -0.2) is 13.6 Å². The van der Waals surface area contributed by atoms with Gasteiger partial charge >= 0.3 is 0 Å². The van der Waals surface area contributed by atoms with E-state index in [1.807, 2.05) is 13.0 Å². The van der Waals surface area contributed by atoms with E-state index in [4.69, 9.17) is 10.5 Å². The number of aryl methyl sites for hydroxylation is 2. The largest absolute Gasteiger partial charge is 0.471 e. The Morgan fingerprint density at radius 1 is 1.58 bits per heavy atom. The molecule has 4 heteroatoms. The van der Waals surface area contributed by atoms with Crippen molar-refractivity contribution in [3.8, 4) is 0 Å². The number of thiophene rings is 1. The number of rotatable bonds is 1. The maximum Gasteiger partial charge on any atom is 0.292 e. The van der Waals surface area contributed by atoms with Crippen molar-refractivity contribution in [1.82, 2.24) is 0 Å². The van der Waals surface area contributed by atoms with Gasteiger partial charge in [0.25, 0.3) is 6.47 Å². The molecule has 0 spiro atoms. The van der Waals surface area contributed by atoms with E-state index in [1.165, 1.54) is 16.9 Å². The molecule has 0 aliphatic rings. The minimum Gasteiger partial charge on any atom is -0.471 e. The summed E-state index contributed by atoms with van der Waals surface area (Å²) in [6, 6.07) is 2.00. The molecule has 0 unspecified atom stereocenters. The number of nitrogens with two attached hydrogens (primary N) is 1. The summed E-state index contributed by atoms with van der Waals surface area (Å²) < 4.78 is 3.86. The van der Waals surface area contributed by atoms with Gasteiger partial charge in [0.05, 0.1) is 7.11 Å². The van der Waals surface area contributed by atoms with Crippen LogP contribution < -0.4 is 5.73 Å². The van der Waals surface area contributed by atoms with Crippen LogP contribution in [-0.2, 0) is 9.53 Å². The SMILES string of the molecule is COC=O.Cc1cc(N)c(C)s1. The number of anilines is 1. The molecular formula is C8H13NO2S. The lowest BCUT2D eigenvalue weighted by Gasteiger charge is -1.81. The highest BCUT2D eigenvalue weighted by Gasteiger charge is 1.94. The number of carbonyl (C=O) groups excluding carboxylic acids is 1. The zero-order valence-electron chi connectivity index (χ0n) is 7.46. The van der Waals surface area contributed by atoms with Crippen LogP contribution in [0.25, 0.3) is 0 Å². The van der Waals surface area contributed by atoms with Crippen LogP contribution in [0.15, 0.2) is 6.07 Å². The minimum absolute atomic E-state index is 0.375. The number of hydrogen-bond donors (Lipinski definition) is 1. The highest BCUT2D eigenvalue weighted by atomic mass is 32.1. The van der Waals surface area contributed by atoms with Gasteiger partial charge in [0.15, 0.2) is 0 Å². The summed E-state index contributed by atoms with van der Waals surface area (Å²) in [6.45, 7) is 4.47. The summed E-state index contributed by atoms with van der Waals surface area (Å²) in [4.78, 5) is 11.5. The monoisotopic (exact) mass is 187 g/mol. The van der Waals surface area contributed by atoms with Gasteiger partial charge in [0.2, 0.25) is 0 Å². The van der Waals surface area contributed by atoms with Crippen molar-refractivity contribution in [3.63, 3.8) is 0 Å². The van der Waals surface area contributed by atoms with Crippen LogP contribution in [0.3, 0.4) is 0 Å². The molecule has 0 fully saturated rings. The van der Waals surface area contributed by atoms with Gasteiger partial charge < -0.3 is 10.5 Å². The molecule has 0 atom stereocenters. The molecule has 12 heavy (non-hydrogen) atoms. The molecule has 0 aliphatic heterocycles. The number of nitrogen functional groups attached to an aromatic ring is 1. The second kappa shape index (κ2) is 5.60. The Bertz CT molecular complexity index is 226. The third-order valence-corrected chi connectivity index (χ3v) is 2.16. The van der Waals surface area contributed by atoms with Crippen LogP contribution in [0.4, 0.5) is 5.69 Å². The fraction of sp³-hybridized carbons (Fsp3) is 0.375. The molecule has 1 aromatic rings. The van der Waals surface area contributed by atoms with Crippen molar-refractivity contribution in [2.24, 2.45) is 0 Å². The third-order valence-electron chi connectivity index (χ3n) is 1.18. The van der Waals surface area contributed by atoms with E-state index in [0.717, 1.165) is 5.69 Å². The fourth-order valence-corrected chi connectivity index (χ4v) is 1.50. The summed E-state index contributed by atoms with van der Waals surface area (Å²) in [5.41, 5.74) is 6.47. The number of ether oxygens (including phenoxy) is 1. The Hall–Kier alpha value is -1.03. The van der Waals surface area contributed by atoms with Crippen molar-refractivity contribution in [2.45, 2.75) is 13.8 Å². The molecular weight excluding hydrogens is 174 g/mol. The van der Waals surface area contributed by atoms with E-state index in [9.17, 15) is 0 Å². The first-order chi connectivity index (χ1) is 5.61. The lowest BCUT2D eigenvalue weighted by Crippen LogP contribution is -1.80. The van der Waals surface area contributed by atoms with Gasteiger partial charge in [0, 0.05) is 15.4 Å². The van der Waals surface area contributed by atoms with Gasteiger partial charge in [-0.1, -0.05) is 0 Å². The second-order valence-corrected chi connectivity index (χ2v) is 3.66. The molecule has 0 saturated carbocycles. The molecule has 68 valence electrons. The van der Waals surface area contributed by atoms with E-state index in [1.54, 1.807) is 11.3 Å². The normalized spacial score (nSPS) is 8.25. The van der Waals surface area contributed by atoms with Gasteiger partial charge in [-0.25, -0.2) is 0 Å². The maximum absolute atomic E-state index is 8.95. The summed E-state index contributed by atoms with van der Waals surface area (Å²) >= 11 is 1.74. The van der Waals surface area contributed by atoms with Crippen molar-refractivity contribution in [3.05, 3.63) is 15.8 Å². The molecule has 0 bridgehead atoms. The zero-order chi connectivity index (χ0) is 9.56. The van der Waals surface area contributed by atoms with E-state index in [-0.39, 0.29) is 0 Å². The van der Waals surface area contributed by atoms with Gasteiger partial charge in [-0.15, -0.1) is 11.3 Å². The molecule has 0 aromatic carbocycles. The number of hydrogen-bond acceptors (Lipinski definition) is 4. The summed E-state index contributed by atoms with van der Waals surface area (Å²) in [7, 11) is 1.31. The molecule has 0 saturated heterocycles. The molecule has 1 aromatic heterocycles. The first-order valence-electron chi connectivity index (χ1n) is 3.40. The average Bonchev–Trinajstić information content (AvgIpc) is 2.30. The Labute approximate surface area is 76.2 Å². The van der Waals surface area contributed by atoms with Crippen molar-refractivity contribution in [1.29, 1.82) is 0 Å². The molecule has 1 rings (SSSR count). The molecule has 1 heterocycles. The van der Waals surface area contributed by atoms with E-state index < -0.39 is 0 Å². The Balaban J connectivity index is 0.000000261. The Morgan fingerprint density at radius 3 is 2.17 bits per heavy atom. The summed E-state index contributed by atoms with van der Waals surface area (Å²) in [6.07, 6.45) is 0. The molecule has 2 N–H and O–H groups in total. The topological polar surface area (TPSA) is 52.3 Å². The zero-order valence-corrected chi connectivity index (χ0v) is 8.27. The molecule has 0 radical (unpaired) electrons. The van der Waals surface area contributed by atoms with Gasteiger partial charge in [-0.05, 0) is 19.9 Å². The van der Waals surface area contributed by atoms with Gasteiger partial charge in [0.1, 0.15) is 0 Å². The first-order valence-corrected chi connectivity index (χ1v) is 4.22. The van der Waals surface area contributed by atoms with Crippen LogP contribution in [0.2, 0.25) is 0 Å². The lowest BCUT2D eigenvalue weighted by atomic mass is 10.4.